The van der Waals surface area contributed by atoms with E-state index in [1.54, 1.807) is 10.8 Å². The molecule has 2 aliphatic rings. The number of rotatable bonds is 3. The predicted molar refractivity (Wildman–Crippen MR) is 86.4 cm³/mol. The zero-order chi connectivity index (χ0) is 17.4. The van der Waals surface area contributed by atoms with Crippen LogP contribution >= 0.6 is 0 Å². The Hall–Kier alpha value is -3.34. The van der Waals surface area contributed by atoms with E-state index in [9.17, 15) is 10.1 Å². The molecule has 2 aromatic rings. The first-order chi connectivity index (χ1) is 12.1. The summed E-state index contributed by atoms with van der Waals surface area (Å²) in [6.45, 7) is 2.86. The molecule has 0 spiro atoms. The topological polar surface area (TPSA) is 138 Å². The molecule has 1 saturated heterocycles. The van der Waals surface area contributed by atoms with Gasteiger partial charge in [-0.15, -0.1) is 10.2 Å². The maximum atomic E-state index is 10.8. The molecule has 0 radical (unpaired) electrons. The van der Waals surface area contributed by atoms with E-state index < -0.39 is 4.92 Å². The monoisotopic (exact) mass is 345 g/mol. The highest BCUT2D eigenvalue weighted by Crippen LogP contribution is 2.27. The van der Waals surface area contributed by atoms with Gasteiger partial charge in [0, 0.05) is 25.4 Å². The molecule has 130 valence electrons. The van der Waals surface area contributed by atoms with E-state index in [4.69, 9.17) is 14.9 Å². The van der Waals surface area contributed by atoms with Crippen molar-refractivity contribution in [2.45, 2.75) is 0 Å². The molecule has 0 atom stereocenters. The third-order valence-electron chi connectivity index (χ3n) is 3.87. The number of aromatic nitrogens is 3. The standard InChI is InChI=1S/C14H15N7O4/c15-9-7-12-16-17-14(11-1-2-13(25-11)21(22)23)20(12)18-10(9)8-19-3-5-24-6-4-19/h1-2,7-8,18H,3-6,15H2. The zero-order valence-corrected chi connectivity index (χ0v) is 13.1. The van der Waals surface area contributed by atoms with Crippen LogP contribution in [0.3, 0.4) is 0 Å². The smallest absolute Gasteiger partial charge is 0.397 e. The van der Waals surface area contributed by atoms with Gasteiger partial charge < -0.3 is 19.8 Å². The Labute approximate surface area is 141 Å². The molecule has 0 saturated carbocycles. The van der Waals surface area contributed by atoms with Gasteiger partial charge in [-0.3, -0.25) is 15.5 Å². The van der Waals surface area contributed by atoms with Crippen LogP contribution in [0.1, 0.15) is 5.82 Å². The van der Waals surface area contributed by atoms with E-state index in [2.05, 4.69) is 20.5 Å². The summed E-state index contributed by atoms with van der Waals surface area (Å²) in [5.74, 6) is 0.672. The highest BCUT2D eigenvalue weighted by Gasteiger charge is 2.23. The SMILES string of the molecule is NC1=Cc2nnc(-c3ccc([N+](=O)[O-])o3)n2NC1=CN1CCOCC1. The van der Waals surface area contributed by atoms with Crippen molar-refractivity contribution in [1.82, 2.24) is 19.8 Å². The zero-order valence-electron chi connectivity index (χ0n) is 13.1. The molecule has 11 heteroatoms. The number of nitro groups is 1. The predicted octanol–water partition coefficient (Wildman–Crippen LogP) is 0.477. The molecule has 2 aliphatic heterocycles. The molecular formula is C14H15N7O4. The number of fused-ring (bicyclic) bond motifs is 1. The summed E-state index contributed by atoms with van der Waals surface area (Å²) >= 11 is 0. The van der Waals surface area contributed by atoms with Crippen molar-refractivity contribution in [3.05, 3.63) is 45.7 Å². The molecule has 25 heavy (non-hydrogen) atoms. The first-order valence-electron chi connectivity index (χ1n) is 7.60. The normalized spacial score (nSPS) is 18.6. The van der Waals surface area contributed by atoms with Gasteiger partial charge in [-0.05, 0) is 6.07 Å². The summed E-state index contributed by atoms with van der Waals surface area (Å²) < 4.78 is 12.1. The first-order valence-corrected chi connectivity index (χ1v) is 7.60. The van der Waals surface area contributed by atoms with E-state index in [1.165, 1.54) is 12.1 Å². The van der Waals surface area contributed by atoms with Crippen LogP contribution in [0.4, 0.5) is 5.88 Å². The maximum absolute atomic E-state index is 10.8. The molecule has 2 aromatic heterocycles. The fraction of sp³-hybridized carbons (Fsp3) is 0.286. The Kier molecular flexibility index (Phi) is 3.61. The molecule has 0 unspecified atom stereocenters. The van der Waals surface area contributed by atoms with E-state index in [1.807, 2.05) is 6.20 Å². The summed E-state index contributed by atoms with van der Waals surface area (Å²) in [6, 6.07) is 2.75. The van der Waals surface area contributed by atoms with Gasteiger partial charge in [-0.1, -0.05) is 0 Å². The lowest BCUT2D eigenvalue weighted by molar-refractivity contribution is -0.401. The third-order valence-corrected chi connectivity index (χ3v) is 3.87. The number of hydrogen-bond acceptors (Lipinski definition) is 9. The van der Waals surface area contributed by atoms with Crippen molar-refractivity contribution in [3.8, 4) is 11.6 Å². The quantitative estimate of drug-likeness (QED) is 0.600. The lowest BCUT2D eigenvalue weighted by Crippen LogP contribution is -2.34. The van der Waals surface area contributed by atoms with Crippen molar-refractivity contribution in [1.29, 1.82) is 0 Å². The number of hydrogen-bond donors (Lipinski definition) is 2. The number of nitrogens with zero attached hydrogens (tertiary/aromatic N) is 5. The highest BCUT2D eigenvalue weighted by atomic mass is 16.6. The second kappa shape index (κ2) is 5.94. The molecule has 11 nitrogen and oxygen atoms in total. The van der Waals surface area contributed by atoms with Crippen LogP contribution in [0.15, 0.2) is 34.1 Å². The Morgan fingerprint density at radius 1 is 1.32 bits per heavy atom. The van der Waals surface area contributed by atoms with Crippen molar-refractivity contribution < 1.29 is 14.1 Å². The van der Waals surface area contributed by atoms with Crippen LogP contribution in [0.25, 0.3) is 17.7 Å². The van der Waals surface area contributed by atoms with Gasteiger partial charge in [-0.2, -0.15) is 0 Å². The van der Waals surface area contributed by atoms with Crippen LogP contribution in [-0.4, -0.2) is 51.0 Å². The minimum Gasteiger partial charge on any atom is -0.397 e. The number of ether oxygens (including phenoxy) is 1. The lowest BCUT2D eigenvalue weighted by Gasteiger charge is -2.28. The second-order valence-electron chi connectivity index (χ2n) is 5.51. The van der Waals surface area contributed by atoms with Crippen LogP contribution in [0.2, 0.25) is 0 Å². The largest absolute Gasteiger partial charge is 0.433 e. The first kappa shape index (κ1) is 15.2. The number of furan rings is 1. The van der Waals surface area contributed by atoms with E-state index in [-0.39, 0.29) is 11.6 Å². The maximum Gasteiger partial charge on any atom is 0.433 e. The van der Waals surface area contributed by atoms with Gasteiger partial charge in [0.25, 0.3) is 0 Å². The Bertz CT molecular complexity index is 876. The minimum absolute atomic E-state index is 0.234. The van der Waals surface area contributed by atoms with Gasteiger partial charge in [-0.25, -0.2) is 4.68 Å². The summed E-state index contributed by atoms with van der Waals surface area (Å²) in [7, 11) is 0. The lowest BCUT2D eigenvalue weighted by atomic mass is 10.2. The molecule has 3 N–H and O–H groups in total. The second-order valence-corrected chi connectivity index (χ2v) is 5.51. The molecule has 4 rings (SSSR count). The number of nitrogens with two attached hydrogens (primary N) is 1. The molecule has 4 heterocycles. The molecule has 0 aliphatic carbocycles. The minimum atomic E-state index is -0.605. The average Bonchev–Trinajstić information content (AvgIpc) is 3.23. The Morgan fingerprint density at radius 2 is 2.12 bits per heavy atom. The Balaban J connectivity index is 1.66. The van der Waals surface area contributed by atoms with Crippen molar-refractivity contribution in [3.63, 3.8) is 0 Å². The number of morpholine rings is 1. The molecule has 0 amide bonds. The molecule has 0 aromatic carbocycles. The van der Waals surface area contributed by atoms with Gasteiger partial charge in [0.1, 0.15) is 4.92 Å². The average molecular weight is 345 g/mol. The van der Waals surface area contributed by atoms with Gasteiger partial charge in [0.05, 0.1) is 30.7 Å². The fourth-order valence-corrected chi connectivity index (χ4v) is 2.60. The highest BCUT2D eigenvalue weighted by molar-refractivity contribution is 5.62. The summed E-state index contributed by atoms with van der Waals surface area (Å²) in [6.07, 6.45) is 3.59. The van der Waals surface area contributed by atoms with Crippen LogP contribution in [-0.2, 0) is 4.74 Å². The molecular weight excluding hydrogens is 330 g/mol. The van der Waals surface area contributed by atoms with Crippen LogP contribution in [0, 0.1) is 10.1 Å². The third kappa shape index (κ3) is 2.80. The van der Waals surface area contributed by atoms with E-state index in [0.29, 0.717) is 36.3 Å². The fourth-order valence-electron chi connectivity index (χ4n) is 2.60. The van der Waals surface area contributed by atoms with E-state index in [0.717, 1.165) is 13.1 Å². The summed E-state index contributed by atoms with van der Waals surface area (Å²) in [4.78, 5) is 12.3. The molecule has 1 fully saturated rings. The van der Waals surface area contributed by atoms with Gasteiger partial charge in [0.2, 0.25) is 5.82 Å². The van der Waals surface area contributed by atoms with Crippen LogP contribution < -0.4 is 11.2 Å². The van der Waals surface area contributed by atoms with Crippen LogP contribution in [0.5, 0.6) is 0 Å². The Morgan fingerprint density at radius 3 is 2.84 bits per heavy atom. The van der Waals surface area contributed by atoms with Crippen molar-refractivity contribution >= 4 is 12.0 Å². The number of nitrogens with one attached hydrogen (secondary N) is 1. The van der Waals surface area contributed by atoms with Gasteiger partial charge >= 0.3 is 5.88 Å². The summed E-state index contributed by atoms with van der Waals surface area (Å²) in [5.41, 5.74) is 10.4. The van der Waals surface area contributed by atoms with Gasteiger partial charge in [0.15, 0.2) is 11.6 Å². The van der Waals surface area contributed by atoms with Crippen molar-refractivity contribution in [2.24, 2.45) is 5.73 Å². The van der Waals surface area contributed by atoms with Crippen molar-refractivity contribution in [2.75, 3.05) is 31.7 Å². The summed E-state index contributed by atoms with van der Waals surface area (Å²) in [5, 5.41) is 18.8. The van der Waals surface area contributed by atoms with E-state index >= 15 is 0 Å². The molecule has 0 bridgehead atoms.